The van der Waals surface area contributed by atoms with Crippen molar-refractivity contribution in [3.05, 3.63) is 0 Å². The summed E-state index contributed by atoms with van der Waals surface area (Å²) in [6.07, 6.45) is 0. The second-order valence-corrected chi connectivity index (χ2v) is 2.43. The Morgan fingerprint density at radius 1 is 1.67 bits per heavy atom. The predicted molar refractivity (Wildman–Crippen MR) is 38.3 cm³/mol. The Bertz CT molecular complexity index is 91.1. The summed E-state index contributed by atoms with van der Waals surface area (Å²) in [5.41, 5.74) is 0. The molecule has 0 spiro atoms. The normalized spacial score (nSPS) is 9.78. The van der Waals surface area contributed by atoms with Crippen LogP contribution in [0.4, 0.5) is 0 Å². The van der Waals surface area contributed by atoms with Gasteiger partial charge in [0.25, 0.3) is 0 Å². The number of ether oxygens (including phenoxy) is 1. The van der Waals surface area contributed by atoms with Crippen molar-refractivity contribution in [1.82, 2.24) is 0 Å². The highest BCUT2D eigenvalue weighted by Crippen LogP contribution is 1.94. The number of carbonyl (C=O) groups is 1. The van der Waals surface area contributed by atoms with Crippen molar-refractivity contribution in [3.8, 4) is 0 Å². The first kappa shape index (κ1) is 8.82. The van der Waals surface area contributed by atoms with Gasteiger partial charge in [-0.05, 0) is 0 Å². The van der Waals surface area contributed by atoms with E-state index in [2.05, 4.69) is 12.6 Å². The van der Waals surface area contributed by atoms with Crippen molar-refractivity contribution in [1.29, 1.82) is 0 Å². The maximum Gasteiger partial charge on any atom is 0.308 e. The van der Waals surface area contributed by atoms with Gasteiger partial charge in [0.2, 0.25) is 0 Å². The lowest BCUT2D eigenvalue weighted by atomic mass is 10.2. The summed E-state index contributed by atoms with van der Waals surface area (Å²) in [4.78, 5) is 10.6. The van der Waals surface area contributed by atoms with Gasteiger partial charge in [-0.25, -0.2) is 0 Å². The van der Waals surface area contributed by atoms with Crippen molar-refractivity contribution in [2.45, 2.75) is 13.8 Å². The Morgan fingerprint density at radius 3 is 2.56 bits per heavy atom. The fourth-order valence-corrected chi connectivity index (χ4v) is 0.392. The quantitative estimate of drug-likeness (QED) is 0.564. The van der Waals surface area contributed by atoms with Gasteiger partial charge in [0.1, 0.15) is 6.61 Å². The van der Waals surface area contributed by atoms with Crippen LogP contribution in [0.5, 0.6) is 0 Å². The summed E-state index contributed by atoms with van der Waals surface area (Å²) in [7, 11) is 0. The van der Waals surface area contributed by atoms with Crippen molar-refractivity contribution < 1.29 is 9.53 Å². The van der Waals surface area contributed by atoms with E-state index in [1.54, 1.807) is 13.8 Å². The molecular weight excluding hydrogens is 136 g/mol. The molecule has 0 saturated carbocycles. The molecule has 0 amide bonds. The number of esters is 1. The summed E-state index contributed by atoms with van der Waals surface area (Å²) in [6, 6.07) is 0. The van der Waals surface area contributed by atoms with Crippen LogP contribution in [0.25, 0.3) is 0 Å². The van der Waals surface area contributed by atoms with Crippen LogP contribution in [0.2, 0.25) is 0 Å². The maximum atomic E-state index is 10.6. The highest BCUT2D eigenvalue weighted by Gasteiger charge is 2.05. The van der Waals surface area contributed by atoms with E-state index in [0.29, 0.717) is 12.4 Å². The number of carbonyl (C=O) groups excluding carboxylic acids is 1. The molecule has 0 unspecified atom stereocenters. The molecular formula is C6H11O2S. The van der Waals surface area contributed by atoms with Gasteiger partial charge < -0.3 is 4.74 Å². The Balaban J connectivity index is 3.28. The van der Waals surface area contributed by atoms with Crippen molar-refractivity contribution in [2.75, 3.05) is 12.4 Å². The lowest BCUT2D eigenvalue weighted by Gasteiger charge is -2.03. The van der Waals surface area contributed by atoms with E-state index in [9.17, 15) is 4.79 Å². The van der Waals surface area contributed by atoms with Crippen molar-refractivity contribution in [3.63, 3.8) is 0 Å². The monoisotopic (exact) mass is 147 g/mol. The van der Waals surface area contributed by atoms with Gasteiger partial charge >= 0.3 is 5.97 Å². The molecule has 0 atom stereocenters. The zero-order chi connectivity index (χ0) is 7.28. The van der Waals surface area contributed by atoms with Crippen LogP contribution in [-0.2, 0) is 9.53 Å². The SMILES string of the molecule is CC(C)C(=O)OCC[S]. The molecule has 0 aliphatic heterocycles. The Hall–Kier alpha value is -0.180. The molecule has 0 rings (SSSR count). The minimum Gasteiger partial charge on any atom is -0.465 e. The fourth-order valence-electron chi connectivity index (χ4n) is 0.309. The molecule has 53 valence electrons. The van der Waals surface area contributed by atoms with Crippen LogP contribution in [0.3, 0.4) is 0 Å². The van der Waals surface area contributed by atoms with E-state index in [0.717, 1.165) is 0 Å². The Labute approximate surface area is 61.0 Å². The van der Waals surface area contributed by atoms with Gasteiger partial charge in [0.05, 0.1) is 5.92 Å². The molecule has 1 radical (unpaired) electrons. The molecule has 0 heterocycles. The van der Waals surface area contributed by atoms with E-state index in [-0.39, 0.29) is 11.9 Å². The zero-order valence-corrected chi connectivity index (χ0v) is 6.53. The Morgan fingerprint density at radius 2 is 2.22 bits per heavy atom. The van der Waals surface area contributed by atoms with Crippen LogP contribution >= 0.6 is 12.6 Å². The van der Waals surface area contributed by atoms with Crippen molar-refractivity contribution >= 4 is 18.6 Å². The largest absolute Gasteiger partial charge is 0.465 e. The van der Waals surface area contributed by atoms with E-state index in [1.165, 1.54) is 0 Å². The lowest BCUT2D eigenvalue weighted by Crippen LogP contribution is -2.12. The molecule has 0 bridgehead atoms. The average molecular weight is 147 g/mol. The standard InChI is InChI=1S/C6H11O2S/c1-5(2)6(7)8-3-4-9/h5H,3-4H2,1-2H3. The average Bonchev–Trinajstić information content (AvgIpc) is 1.82. The molecule has 0 N–H and O–H groups in total. The second kappa shape index (κ2) is 4.68. The molecule has 3 heteroatoms. The highest BCUT2D eigenvalue weighted by atomic mass is 32.1. The van der Waals surface area contributed by atoms with Crippen LogP contribution in [0.1, 0.15) is 13.8 Å². The summed E-state index contributed by atoms with van der Waals surface area (Å²) in [5, 5.41) is 0. The number of hydrogen-bond acceptors (Lipinski definition) is 2. The van der Waals surface area contributed by atoms with Crippen LogP contribution < -0.4 is 0 Å². The van der Waals surface area contributed by atoms with Gasteiger partial charge in [-0.3, -0.25) is 4.79 Å². The summed E-state index contributed by atoms with van der Waals surface area (Å²) in [6.45, 7) is 3.96. The van der Waals surface area contributed by atoms with Gasteiger partial charge in [0, 0.05) is 5.75 Å². The smallest absolute Gasteiger partial charge is 0.308 e. The summed E-state index contributed by atoms with van der Waals surface area (Å²) < 4.78 is 4.71. The molecule has 0 saturated heterocycles. The van der Waals surface area contributed by atoms with E-state index >= 15 is 0 Å². The van der Waals surface area contributed by atoms with E-state index in [4.69, 9.17) is 4.74 Å². The minimum atomic E-state index is -0.167. The van der Waals surface area contributed by atoms with E-state index < -0.39 is 0 Å². The molecule has 0 aliphatic rings. The third kappa shape index (κ3) is 4.33. The fraction of sp³-hybridized carbons (Fsp3) is 0.833. The highest BCUT2D eigenvalue weighted by molar-refractivity contribution is 7.80. The molecule has 0 fully saturated rings. The lowest BCUT2D eigenvalue weighted by molar-refractivity contribution is -0.146. The number of hydrogen-bond donors (Lipinski definition) is 0. The molecule has 0 aliphatic carbocycles. The molecule has 0 aromatic carbocycles. The topological polar surface area (TPSA) is 26.3 Å². The zero-order valence-electron chi connectivity index (χ0n) is 5.72. The van der Waals surface area contributed by atoms with Gasteiger partial charge in [0.15, 0.2) is 0 Å². The van der Waals surface area contributed by atoms with Crippen LogP contribution in [0, 0.1) is 5.92 Å². The minimum absolute atomic E-state index is 0.0356. The first-order chi connectivity index (χ1) is 4.18. The summed E-state index contributed by atoms with van der Waals surface area (Å²) >= 11 is 4.58. The van der Waals surface area contributed by atoms with Gasteiger partial charge in [-0.1, -0.05) is 26.5 Å². The van der Waals surface area contributed by atoms with Gasteiger partial charge in [-0.15, -0.1) is 0 Å². The van der Waals surface area contributed by atoms with Crippen LogP contribution in [-0.4, -0.2) is 18.3 Å². The molecule has 2 nitrogen and oxygen atoms in total. The first-order valence-corrected chi connectivity index (χ1v) is 3.51. The van der Waals surface area contributed by atoms with Gasteiger partial charge in [-0.2, -0.15) is 0 Å². The molecule has 0 aromatic heterocycles. The number of rotatable bonds is 3. The Kier molecular flexibility index (Phi) is 4.58. The summed E-state index contributed by atoms with van der Waals surface area (Å²) in [5.74, 6) is 0.282. The van der Waals surface area contributed by atoms with Crippen LogP contribution in [0.15, 0.2) is 0 Å². The predicted octanol–water partition coefficient (Wildman–Crippen LogP) is 1.38. The van der Waals surface area contributed by atoms with Crippen molar-refractivity contribution in [2.24, 2.45) is 5.92 Å². The second-order valence-electron chi connectivity index (χ2n) is 2.03. The third-order valence-corrected chi connectivity index (χ3v) is 0.966. The third-order valence-electron chi connectivity index (χ3n) is 0.799. The van der Waals surface area contributed by atoms with E-state index in [1.807, 2.05) is 0 Å². The molecule has 9 heavy (non-hydrogen) atoms. The maximum absolute atomic E-state index is 10.6. The molecule has 0 aromatic rings. The first-order valence-electron chi connectivity index (χ1n) is 2.93.